The lowest BCUT2D eigenvalue weighted by atomic mass is 10.1. The number of nitrogens with zero attached hydrogens (tertiary/aromatic N) is 4. The first kappa shape index (κ1) is 16.2. The first-order chi connectivity index (χ1) is 12.1. The van der Waals surface area contributed by atoms with E-state index in [9.17, 15) is 4.79 Å². The van der Waals surface area contributed by atoms with Gasteiger partial charge in [-0.2, -0.15) is 4.98 Å². The second kappa shape index (κ2) is 6.57. The number of aromatic nitrogens is 2. The van der Waals surface area contributed by atoms with E-state index in [4.69, 9.17) is 9.26 Å². The van der Waals surface area contributed by atoms with Crippen molar-refractivity contribution in [2.24, 2.45) is 0 Å². The number of likely N-dealkylation sites (tertiary alicyclic amines) is 1. The van der Waals surface area contributed by atoms with Crippen molar-refractivity contribution >= 4 is 5.91 Å². The highest BCUT2D eigenvalue weighted by Crippen LogP contribution is 2.24. The molecule has 1 aromatic heterocycles. The molecule has 2 fully saturated rings. The van der Waals surface area contributed by atoms with Crippen molar-refractivity contribution in [2.75, 3.05) is 26.7 Å². The minimum atomic E-state index is 0.0518. The van der Waals surface area contributed by atoms with Crippen molar-refractivity contribution in [2.45, 2.75) is 32.0 Å². The number of rotatable bonds is 3. The molecule has 2 aliphatic heterocycles. The third-order valence-electron chi connectivity index (χ3n) is 4.99. The molecule has 0 bridgehead atoms. The number of carbonyl (C=O) groups is 1. The molecule has 0 radical (unpaired) electrons. The van der Waals surface area contributed by atoms with Crippen LogP contribution in [0.3, 0.4) is 0 Å². The quantitative estimate of drug-likeness (QED) is 0.841. The van der Waals surface area contributed by atoms with Gasteiger partial charge in [-0.15, -0.1) is 0 Å². The van der Waals surface area contributed by atoms with Crippen molar-refractivity contribution < 1.29 is 14.1 Å². The summed E-state index contributed by atoms with van der Waals surface area (Å²) in [5.41, 5.74) is 2.14. The van der Waals surface area contributed by atoms with E-state index in [0.29, 0.717) is 31.3 Å². The van der Waals surface area contributed by atoms with E-state index in [-0.39, 0.29) is 18.1 Å². The normalized spacial score (nSPS) is 24.4. The van der Waals surface area contributed by atoms with Crippen molar-refractivity contribution in [1.82, 2.24) is 19.9 Å². The van der Waals surface area contributed by atoms with Gasteiger partial charge in [0.15, 0.2) is 0 Å². The smallest absolute Gasteiger partial charge is 0.241 e. The number of benzene rings is 1. The summed E-state index contributed by atoms with van der Waals surface area (Å²) in [6.45, 7) is 4.64. The Bertz CT molecular complexity index is 758. The molecule has 1 amide bonds. The fourth-order valence-corrected chi connectivity index (χ4v) is 3.49. The molecule has 132 valence electrons. The number of fused-ring (bicyclic) bond motifs is 1. The monoisotopic (exact) mass is 342 g/mol. The third kappa shape index (κ3) is 3.29. The van der Waals surface area contributed by atoms with Crippen LogP contribution in [-0.4, -0.2) is 64.7 Å². The average molecular weight is 342 g/mol. The summed E-state index contributed by atoms with van der Waals surface area (Å²) in [7, 11) is 1.86. The van der Waals surface area contributed by atoms with Crippen LogP contribution in [0.4, 0.5) is 0 Å². The van der Waals surface area contributed by atoms with Crippen LogP contribution >= 0.6 is 0 Å². The van der Waals surface area contributed by atoms with Gasteiger partial charge in [0.05, 0.1) is 31.7 Å². The summed E-state index contributed by atoms with van der Waals surface area (Å²) in [6.07, 6.45) is 0.517. The number of hydrogen-bond acceptors (Lipinski definition) is 6. The number of hydrogen-bond donors (Lipinski definition) is 0. The molecule has 0 N–H and O–H groups in total. The van der Waals surface area contributed by atoms with Crippen molar-refractivity contribution in [3.05, 3.63) is 35.7 Å². The first-order valence-corrected chi connectivity index (χ1v) is 8.59. The molecule has 3 heterocycles. The molecule has 25 heavy (non-hydrogen) atoms. The summed E-state index contributed by atoms with van der Waals surface area (Å²) >= 11 is 0. The molecule has 0 spiro atoms. The average Bonchev–Trinajstić information content (AvgIpc) is 3.19. The summed E-state index contributed by atoms with van der Waals surface area (Å²) in [5, 5.41) is 4.08. The summed E-state index contributed by atoms with van der Waals surface area (Å²) < 4.78 is 11.3. The molecular weight excluding hydrogens is 320 g/mol. The Hall–Kier alpha value is -2.25. The molecule has 7 nitrogen and oxygen atoms in total. The third-order valence-corrected chi connectivity index (χ3v) is 4.99. The Morgan fingerprint density at radius 1 is 1.24 bits per heavy atom. The maximum Gasteiger partial charge on any atom is 0.241 e. The maximum absolute atomic E-state index is 12.0. The van der Waals surface area contributed by atoms with Crippen LogP contribution in [0.1, 0.15) is 17.9 Å². The van der Waals surface area contributed by atoms with E-state index in [1.807, 2.05) is 43.1 Å². The van der Waals surface area contributed by atoms with Gasteiger partial charge in [0.2, 0.25) is 17.6 Å². The second-order valence-electron chi connectivity index (χ2n) is 6.80. The van der Waals surface area contributed by atoms with Gasteiger partial charge in [0.25, 0.3) is 0 Å². The van der Waals surface area contributed by atoms with Crippen LogP contribution in [0.15, 0.2) is 28.8 Å². The van der Waals surface area contributed by atoms with Gasteiger partial charge >= 0.3 is 0 Å². The van der Waals surface area contributed by atoms with E-state index in [1.165, 1.54) is 5.56 Å². The van der Waals surface area contributed by atoms with Crippen LogP contribution in [0, 0.1) is 6.92 Å². The van der Waals surface area contributed by atoms with E-state index in [2.05, 4.69) is 15.0 Å². The van der Waals surface area contributed by atoms with Gasteiger partial charge in [-0.3, -0.25) is 9.69 Å². The number of amides is 1. The minimum absolute atomic E-state index is 0.0518. The molecule has 7 heteroatoms. The highest BCUT2D eigenvalue weighted by atomic mass is 16.5. The summed E-state index contributed by atoms with van der Waals surface area (Å²) in [4.78, 5) is 20.5. The molecule has 2 aromatic rings. The van der Waals surface area contributed by atoms with Gasteiger partial charge in [0, 0.05) is 25.7 Å². The zero-order chi connectivity index (χ0) is 17.4. The molecule has 0 aliphatic carbocycles. The predicted octanol–water partition coefficient (Wildman–Crippen LogP) is 1.48. The predicted molar refractivity (Wildman–Crippen MR) is 90.7 cm³/mol. The maximum atomic E-state index is 12.0. The largest absolute Gasteiger partial charge is 0.374 e. The molecule has 2 aliphatic rings. The van der Waals surface area contributed by atoms with Gasteiger partial charge in [-0.25, -0.2) is 0 Å². The Balaban J connectivity index is 1.43. The fraction of sp³-hybridized carbons (Fsp3) is 0.500. The van der Waals surface area contributed by atoms with Crippen LogP contribution in [0.2, 0.25) is 0 Å². The highest BCUT2D eigenvalue weighted by molar-refractivity contribution is 5.76. The van der Waals surface area contributed by atoms with Crippen LogP contribution in [0.5, 0.6) is 0 Å². The molecule has 0 unspecified atom stereocenters. The second-order valence-corrected chi connectivity index (χ2v) is 6.80. The van der Waals surface area contributed by atoms with Crippen LogP contribution in [0.25, 0.3) is 11.4 Å². The molecular formula is C18H22N4O3. The number of ether oxygens (including phenoxy) is 1. The Labute approximate surface area is 146 Å². The summed E-state index contributed by atoms with van der Waals surface area (Å²) in [5.74, 6) is 1.33. The van der Waals surface area contributed by atoms with Gasteiger partial charge < -0.3 is 14.2 Å². The molecule has 2 atom stereocenters. The Kier molecular flexibility index (Phi) is 4.27. The van der Waals surface area contributed by atoms with E-state index < -0.39 is 0 Å². The number of aryl methyl sites for hydroxylation is 1. The molecule has 1 aromatic carbocycles. The van der Waals surface area contributed by atoms with Gasteiger partial charge in [-0.1, -0.05) is 35.0 Å². The SMILES string of the molecule is Cc1ccc(-c2noc(CN3C[C@@H]4OCCC(=O)N(C)[C@H]4C3)n2)cc1. The number of carbonyl (C=O) groups excluding carboxylic acids is 1. The lowest BCUT2D eigenvalue weighted by Crippen LogP contribution is -2.42. The zero-order valence-electron chi connectivity index (χ0n) is 14.5. The minimum Gasteiger partial charge on any atom is -0.374 e. The van der Waals surface area contributed by atoms with E-state index in [0.717, 1.165) is 18.7 Å². The molecule has 0 saturated carbocycles. The molecule has 4 rings (SSSR count). The van der Waals surface area contributed by atoms with E-state index in [1.54, 1.807) is 0 Å². The highest BCUT2D eigenvalue weighted by Gasteiger charge is 2.40. The fourth-order valence-electron chi connectivity index (χ4n) is 3.49. The Morgan fingerprint density at radius 2 is 2.04 bits per heavy atom. The van der Waals surface area contributed by atoms with Crippen molar-refractivity contribution in [3.8, 4) is 11.4 Å². The molecule has 2 saturated heterocycles. The van der Waals surface area contributed by atoms with Crippen LogP contribution < -0.4 is 0 Å². The lowest BCUT2D eigenvalue weighted by molar-refractivity contribution is -0.131. The van der Waals surface area contributed by atoms with Gasteiger partial charge in [-0.05, 0) is 6.92 Å². The van der Waals surface area contributed by atoms with Crippen molar-refractivity contribution in [1.29, 1.82) is 0 Å². The van der Waals surface area contributed by atoms with Crippen LogP contribution in [-0.2, 0) is 16.1 Å². The Morgan fingerprint density at radius 3 is 2.84 bits per heavy atom. The first-order valence-electron chi connectivity index (χ1n) is 8.59. The topological polar surface area (TPSA) is 71.7 Å². The van der Waals surface area contributed by atoms with Crippen molar-refractivity contribution in [3.63, 3.8) is 0 Å². The number of likely N-dealkylation sites (N-methyl/N-ethyl adjacent to an activating group) is 1. The van der Waals surface area contributed by atoms with E-state index >= 15 is 0 Å². The summed E-state index contributed by atoms with van der Waals surface area (Å²) in [6, 6.07) is 8.14. The zero-order valence-corrected chi connectivity index (χ0v) is 14.5. The standard InChI is InChI=1S/C18H22N4O3/c1-12-3-5-13(6-4-12)18-19-16(25-20-18)11-22-9-14-15(10-22)24-8-7-17(23)21(14)2/h3-6,14-15H,7-11H2,1-2H3/t14-,15-/m0/s1. The van der Waals surface area contributed by atoms with Gasteiger partial charge in [0.1, 0.15) is 0 Å². The lowest BCUT2D eigenvalue weighted by Gasteiger charge is -2.25.